The van der Waals surface area contributed by atoms with E-state index in [1.54, 1.807) is 6.20 Å². The molecule has 3 N–H and O–H groups in total. The molecule has 0 spiro atoms. The number of piperazine rings is 1. The van der Waals surface area contributed by atoms with Crippen molar-refractivity contribution in [2.75, 3.05) is 19.6 Å². The lowest BCUT2D eigenvalue weighted by Crippen LogP contribution is -2.44. The average molecular weight is 258 g/mol. The third-order valence-corrected chi connectivity index (χ3v) is 2.77. The van der Waals surface area contributed by atoms with Crippen LogP contribution in [0.5, 0.6) is 0 Å². The Bertz CT molecular complexity index is 371. The molecule has 0 aliphatic carbocycles. The van der Waals surface area contributed by atoms with Crippen molar-refractivity contribution in [3.8, 4) is 0 Å². The maximum Gasteiger partial charge on any atom is 0.252 e. The van der Waals surface area contributed by atoms with E-state index in [2.05, 4.69) is 31.5 Å². The molecular formula is C9H12BrN3O. The van der Waals surface area contributed by atoms with Gasteiger partial charge in [0.25, 0.3) is 5.56 Å². The molecule has 1 aromatic heterocycles. The second-order valence-electron chi connectivity index (χ2n) is 3.31. The van der Waals surface area contributed by atoms with Gasteiger partial charge < -0.3 is 15.6 Å². The zero-order valence-corrected chi connectivity index (χ0v) is 9.23. The maximum atomic E-state index is 11.5. The van der Waals surface area contributed by atoms with Gasteiger partial charge in [-0.3, -0.25) is 4.79 Å². The molecule has 1 atom stereocenters. The van der Waals surface area contributed by atoms with Gasteiger partial charge in [-0.05, 0) is 22.0 Å². The molecule has 1 aromatic rings. The number of aromatic nitrogens is 1. The maximum absolute atomic E-state index is 11.5. The lowest BCUT2D eigenvalue weighted by molar-refractivity contribution is 0.427. The van der Waals surface area contributed by atoms with E-state index < -0.39 is 0 Å². The van der Waals surface area contributed by atoms with Crippen molar-refractivity contribution in [1.82, 2.24) is 15.6 Å². The zero-order chi connectivity index (χ0) is 9.97. The number of aromatic amines is 1. The van der Waals surface area contributed by atoms with Crippen LogP contribution in [-0.2, 0) is 0 Å². The largest absolute Gasteiger partial charge is 0.328 e. The summed E-state index contributed by atoms with van der Waals surface area (Å²) < 4.78 is 0.902. The quantitative estimate of drug-likeness (QED) is 0.682. The zero-order valence-electron chi connectivity index (χ0n) is 7.64. The minimum absolute atomic E-state index is 0.0191. The lowest BCUT2D eigenvalue weighted by atomic mass is 10.1. The predicted octanol–water partition coefficient (Wildman–Crippen LogP) is 0.371. The summed E-state index contributed by atoms with van der Waals surface area (Å²) in [4.78, 5) is 14.2. The van der Waals surface area contributed by atoms with Crippen LogP contribution < -0.4 is 16.2 Å². The molecule has 4 nitrogen and oxygen atoms in total. The van der Waals surface area contributed by atoms with Crippen LogP contribution in [0.2, 0.25) is 0 Å². The fourth-order valence-corrected chi connectivity index (χ4v) is 1.97. The molecule has 1 aliphatic heterocycles. The summed E-state index contributed by atoms with van der Waals surface area (Å²) in [5.41, 5.74) is 0.765. The highest BCUT2D eigenvalue weighted by molar-refractivity contribution is 9.10. The first-order chi connectivity index (χ1) is 6.77. The van der Waals surface area contributed by atoms with E-state index in [-0.39, 0.29) is 11.6 Å². The Morgan fingerprint density at radius 1 is 1.43 bits per heavy atom. The molecule has 0 amide bonds. The highest BCUT2D eigenvalue weighted by Crippen LogP contribution is 2.13. The van der Waals surface area contributed by atoms with Crippen molar-refractivity contribution in [3.05, 3.63) is 32.7 Å². The van der Waals surface area contributed by atoms with Gasteiger partial charge in [-0.15, -0.1) is 0 Å². The van der Waals surface area contributed by atoms with E-state index in [0.29, 0.717) is 0 Å². The molecule has 0 unspecified atom stereocenters. The molecule has 0 bridgehead atoms. The van der Waals surface area contributed by atoms with Crippen LogP contribution in [0.25, 0.3) is 0 Å². The fourth-order valence-electron chi connectivity index (χ4n) is 1.61. The molecule has 0 radical (unpaired) electrons. The van der Waals surface area contributed by atoms with Gasteiger partial charge in [-0.25, -0.2) is 0 Å². The van der Waals surface area contributed by atoms with Crippen molar-refractivity contribution in [2.45, 2.75) is 6.04 Å². The van der Waals surface area contributed by atoms with Crippen LogP contribution >= 0.6 is 15.9 Å². The first kappa shape index (κ1) is 9.89. The van der Waals surface area contributed by atoms with E-state index in [0.717, 1.165) is 29.7 Å². The van der Waals surface area contributed by atoms with Gasteiger partial charge in [0.2, 0.25) is 0 Å². The number of halogens is 1. The molecule has 0 aromatic carbocycles. The first-order valence-electron chi connectivity index (χ1n) is 4.59. The summed E-state index contributed by atoms with van der Waals surface area (Å²) in [5.74, 6) is 0. The number of pyridine rings is 1. The topological polar surface area (TPSA) is 56.9 Å². The Balaban J connectivity index is 2.29. The third kappa shape index (κ3) is 2.05. The van der Waals surface area contributed by atoms with Gasteiger partial charge in [-0.1, -0.05) is 0 Å². The fraction of sp³-hybridized carbons (Fsp3) is 0.444. The van der Waals surface area contributed by atoms with E-state index in [4.69, 9.17) is 0 Å². The lowest BCUT2D eigenvalue weighted by Gasteiger charge is -2.24. The molecule has 14 heavy (non-hydrogen) atoms. The van der Waals surface area contributed by atoms with Crippen molar-refractivity contribution >= 4 is 15.9 Å². The van der Waals surface area contributed by atoms with Gasteiger partial charge in [-0.2, -0.15) is 0 Å². The Labute approximate surface area is 90.2 Å². The van der Waals surface area contributed by atoms with Gasteiger partial charge in [0.1, 0.15) is 0 Å². The van der Waals surface area contributed by atoms with Crippen molar-refractivity contribution in [1.29, 1.82) is 0 Å². The van der Waals surface area contributed by atoms with E-state index in [9.17, 15) is 4.79 Å². The third-order valence-electron chi connectivity index (χ3n) is 2.31. The number of hydrogen-bond donors (Lipinski definition) is 3. The Hall–Kier alpha value is -0.650. The molecule has 5 heteroatoms. The monoisotopic (exact) mass is 257 g/mol. The molecule has 2 rings (SSSR count). The van der Waals surface area contributed by atoms with Crippen molar-refractivity contribution in [3.63, 3.8) is 0 Å². The van der Waals surface area contributed by atoms with Gasteiger partial charge in [0.15, 0.2) is 0 Å². The predicted molar refractivity (Wildman–Crippen MR) is 58.4 cm³/mol. The summed E-state index contributed by atoms with van der Waals surface area (Å²) in [7, 11) is 0. The van der Waals surface area contributed by atoms with Crippen LogP contribution in [0.1, 0.15) is 11.6 Å². The molecule has 1 aliphatic rings. The normalized spacial score (nSPS) is 22.2. The van der Waals surface area contributed by atoms with Crippen LogP contribution in [0, 0.1) is 0 Å². The number of nitrogens with one attached hydrogen (secondary N) is 3. The molecule has 0 saturated carbocycles. The Morgan fingerprint density at radius 2 is 2.29 bits per heavy atom. The van der Waals surface area contributed by atoms with Gasteiger partial charge in [0, 0.05) is 35.9 Å². The molecule has 2 heterocycles. The van der Waals surface area contributed by atoms with E-state index in [1.165, 1.54) is 0 Å². The highest BCUT2D eigenvalue weighted by atomic mass is 79.9. The number of rotatable bonds is 1. The van der Waals surface area contributed by atoms with E-state index >= 15 is 0 Å². The minimum Gasteiger partial charge on any atom is -0.328 e. The molecule has 1 fully saturated rings. The average Bonchev–Trinajstić information content (AvgIpc) is 2.23. The van der Waals surface area contributed by atoms with Crippen molar-refractivity contribution < 1.29 is 0 Å². The Morgan fingerprint density at radius 3 is 3.00 bits per heavy atom. The smallest absolute Gasteiger partial charge is 0.252 e. The SMILES string of the molecule is O=c1[nH]cc(Br)cc1[C@H]1CNCCN1. The molecule has 1 saturated heterocycles. The minimum atomic E-state index is -0.0191. The summed E-state index contributed by atoms with van der Waals surface area (Å²) in [5, 5.41) is 6.55. The summed E-state index contributed by atoms with van der Waals surface area (Å²) >= 11 is 3.34. The standard InChI is InChI=1S/C9H12BrN3O/c10-6-3-7(9(14)13-4-6)8-5-11-1-2-12-8/h3-4,8,11-12H,1-2,5H2,(H,13,14)/t8-/m1/s1. The second-order valence-corrected chi connectivity index (χ2v) is 4.23. The summed E-state index contributed by atoms with van der Waals surface area (Å²) in [6.45, 7) is 2.67. The van der Waals surface area contributed by atoms with E-state index in [1.807, 2.05) is 6.07 Å². The molecular weight excluding hydrogens is 246 g/mol. The summed E-state index contributed by atoms with van der Waals surface area (Å²) in [6.07, 6.45) is 1.65. The number of hydrogen-bond acceptors (Lipinski definition) is 3. The van der Waals surface area contributed by atoms with Crippen molar-refractivity contribution in [2.24, 2.45) is 0 Å². The van der Waals surface area contributed by atoms with Gasteiger partial charge in [0.05, 0.1) is 6.04 Å². The van der Waals surface area contributed by atoms with Crippen LogP contribution in [0.4, 0.5) is 0 Å². The Kier molecular flexibility index (Phi) is 3.00. The second kappa shape index (κ2) is 4.25. The van der Waals surface area contributed by atoms with Crippen LogP contribution in [0.15, 0.2) is 21.5 Å². The highest BCUT2D eigenvalue weighted by Gasteiger charge is 2.17. The summed E-state index contributed by atoms with van der Waals surface area (Å²) in [6, 6.07) is 1.98. The van der Waals surface area contributed by atoms with Crippen LogP contribution in [-0.4, -0.2) is 24.6 Å². The molecule has 76 valence electrons. The van der Waals surface area contributed by atoms with Crippen LogP contribution in [0.3, 0.4) is 0 Å². The first-order valence-corrected chi connectivity index (χ1v) is 5.39. The van der Waals surface area contributed by atoms with Gasteiger partial charge >= 0.3 is 0 Å². The number of H-pyrrole nitrogens is 1.